The van der Waals surface area contributed by atoms with E-state index >= 15 is 0 Å². The number of aryl methyl sites for hydroxylation is 2. The molecule has 0 bridgehead atoms. The molecule has 4 saturated heterocycles. The lowest BCUT2D eigenvalue weighted by Crippen LogP contribution is -2.38. The van der Waals surface area contributed by atoms with Gasteiger partial charge in [0.1, 0.15) is 69.3 Å². The Bertz CT molecular complexity index is 7310. The third-order valence-electron chi connectivity index (χ3n) is 24.4. The van der Waals surface area contributed by atoms with Crippen LogP contribution in [0.4, 0.5) is 4.39 Å². The highest BCUT2D eigenvalue weighted by atomic mass is 35.5. The summed E-state index contributed by atoms with van der Waals surface area (Å²) in [5, 5.41) is 0.00351. The molecule has 8 aromatic heterocycles. The van der Waals surface area contributed by atoms with Gasteiger partial charge in [-0.05, 0) is 286 Å². The van der Waals surface area contributed by atoms with Crippen molar-refractivity contribution in [3.05, 3.63) is 320 Å². The molecule has 27 heteroatoms. The number of carbonyl (C=O) groups is 4. The minimum atomic E-state index is -0.603. The van der Waals surface area contributed by atoms with Gasteiger partial charge in [0, 0.05) is 117 Å². The van der Waals surface area contributed by atoms with Crippen LogP contribution in [0.1, 0.15) is 150 Å². The molecule has 4 aliphatic rings. The van der Waals surface area contributed by atoms with Gasteiger partial charge in [0.2, 0.25) is 5.91 Å². The monoisotopic (exact) mass is 1840 g/mol. The summed E-state index contributed by atoms with van der Waals surface area (Å²) >= 11 is 5.85. The van der Waals surface area contributed by atoms with E-state index in [0.717, 1.165) is 220 Å². The minimum Gasteiger partial charge on any atom is -0.497 e. The van der Waals surface area contributed by atoms with Crippen LogP contribution < -0.4 is 23.7 Å². The summed E-state index contributed by atoms with van der Waals surface area (Å²) in [7, 11) is 1.63. The van der Waals surface area contributed by atoms with Crippen molar-refractivity contribution >= 4 is 57.3 Å². The van der Waals surface area contributed by atoms with Crippen LogP contribution in [0, 0.1) is 55.2 Å². The van der Waals surface area contributed by atoms with E-state index in [1.54, 1.807) is 77.1 Å². The lowest BCUT2D eigenvalue weighted by molar-refractivity contribution is -0.130. The van der Waals surface area contributed by atoms with Gasteiger partial charge < -0.3 is 43.3 Å². The SMILES string of the molecule is C=CC(=O)N1CCCC[C@H]1c1nc(-c2ccc(Oc3cccc(C)c3)cc2)c2cnccn12.CC#CC(=O)N1CCCC[C@H]1c1nc(-c2ccc(Oc3cccc(C)c3)cc2)c2cnccn12.CC#CC(=O)N1CCCC[C@H]1c1nc(-c2ccc(Oc3cccc(Cl)c3F)cc2)c2cnccn12.CC#CC(=O)N1CCC[C@@H](c2nc(-c3ccc(Oc4cccc(OC)c4)cc3)c3cnccn23)C1. The highest BCUT2D eigenvalue weighted by molar-refractivity contribution is 6.30. The second-order valence-electron chi connectivity index (χ2n) is 33.5. The Labute approximate surface area is 798 Å². The predicted octanol–water partition coefficient (Wildman–Crippen LogP) is 22.3. The number of nitrogens with zero attached hydrogens (tertiary/aromatic N) is 16. The lowest BCUT2D eigenvalue weighted by atomic mass is 9.97. The second-order valence-corrected chi connectivity index (χ2v) is 33.9. The number of aromatic nitrogens is 12. The maximum absolute atomic E-state index is 14.2. The standard InChI is InChI=1S/C28H26N4O3.C28H26N4O2.C27H22ClFN4O2.C27H26N4O2/c1-3-6-26(33)31-15-5-7-21(19-31)28-30-27(25-18-29-14-16-32(25)28)20-10-12-22(13-11-20)35-24-9-4-8-23(17-24)34-2;1-3-7-26(33)31-16-5-4-10-24(31)28-30-27(25-19-29-15-17-32(25)28)21-11-13-22(14-12-21)34-23-9-6-8-20(2)18-23;1-2-6-24(34)32-15-4-3-8-21(32)27-31-26(22-17-30-14-16-33(22)27)18-10-12-19(13-11-18)35-23-9-5-7-20(28)25(23)29;1-3-25(32)30-15-5-4-9-23(30)27-29-26(24-18-28-14-16-31(24)27)20-10-12-21(13-11-20)33-22-8-6-7-19(2)17-22/h4,8-14,16-18,21H,5,7,15,19H2,1-2H3;6,8-9,11-15,17-19,24H,4-5,10,16H2,1-2H3;5,7,9-14,16-17,21H,3-4,8,15H2,1H3;3,6-8,10-14,16-18,23H,1,4-5,9,15H2,2H3/t21-;24-;21-;23-/m1000/s1. The number of piperidine rings is 4. The number of methoxy groups -OCH3 is 1. The molecule has 4 aliphatic heterocycles. The molecular weight excluding hydrogens is 1740 g/mol. The van der Waals surface area contributed by atoms with E-state index in [9.17, 15) is 23.6 Å². The average molecular weight is 1840 g/mol. The number of benzene rings is 8. The molecule has 25 nitrogen and oxygen atoms in total. The second kappa shape index (κ2) is 43.2. The number of likely N-dealkylation sites (tertiary alicyclic amines) is 4. The number of hydrogen-bond acceptors (Lipinski definition) is 17. The Kier molecular flexibility index (Phi) is 29.2. The average Bonchev–Trinajstić information content (AvgIpc) is 1.64. The molecule has 8 aromatic carbocycles. The van der Waals surface area contributed by atoms with Gasteiger partial charge in [-0.1, -0.05) is 72.3 Å². The van der Waals surface area contributed by atoms with Crippen LogP contribution in [0.3, 0.4) is 0 Å². The molecule has 0 saturated carbocycles. The first-order chi connectivity index (χ1) is 67.0. The van der Waals surface area contributed by atoms with Crippen molar-refractivity contribution in [3.63, 3.8) is 0 Å². The van der Waals surface area contributed by atoms with Crippen LogP contribution in [0.25, 0.3) is 67.1 Å². The number of fused-ring (bicyclic) bond motifs is 4. The Morgan fingerprint density at radius 2 is 0.759 bits per heavy atom. The highest BCUT2D eigenvalue weighted by Gasteiger charge is 2.36. The number of carbonyl (C=O) groups excluding carboxylic acids is 4. The molecule has 4 atom stereocenters. The van der Waals surface area contributed by atoms with E-state index in [1.165, 1.54) is 18.2 Å². The van der Waals surface area contributed by atoms with Crippen LogP contribution in [-0.4, -0.2) is 141 Å². The molecule has 0 spiro atoms. The normalized spacial score (nSPS) is 15.6. The number of hydrogen-bond donors (Lipinski definition) is 0. The first-order valence-electron chi connectivity index (χ1n) is 45.7. The van der Waals surface area contributed by atoms with Gasteiger partial charge in [-0.3, -0.25) is 56.7 Å². The summed E-state index contributed by atoms with van der Waals surface area (Å²) in [6, 6.07) is 58.7. The van der Waals surface area contributed by atoms with Crippen LogP contribution >= 0.6 is 11.6 Å². The van der Waals surface area contributed by atoms with E-state index in [2.05, 4.69) is 75.2 Å². The fourth-order valence-electron chi connectivity index (χ4n) is 17.9. The van der Waals surface area contributed by atoms with Crippen molar-refractivity contribution in [2.75, 3.05) is 39.8 Å². The fourth-order valence-corrected chi connectivity index (χ4v) is 18.1. The third-order valence-corrected chi connectivity index (χ3v) is 24.7. The van der Waals surface area contributed by atoms with E-state index in [1.807, 2.05) is 239 Å². The van der Waals surface area contributed by atoms with Gasteiger partial charge in [0.05, 0.1) is 99.9 Å². The smallest absolute Gasteiger partial charge is 0.299 e. The predicted molar refractivity (Wildman–Crippen MR) is 525 cm³/mol. The lowest BCUT2D eigenvalue weighted by Gasteiger charge is -2.34. The summed E-state index contributed by atoms with van der Waals surface area (Å²) in [5.41, 5.74) is 12.9. The first-order valence-corrected chi connectivity index (χ1v) is 46.1. The largest absolute Gasteiger partial charge is 0.497 e. The minimum absolute atomic E-state index is 0.00351. The zero-order valence-corrected chi connectivity index (χ0v) is 77.6. The Hall–Kier alpha value is -16.2. The molecule has 0 radical (unpaired) electrons. The summed E-state index contributed by atoms with van der Waals surface area (Å²) in [4.78, 5) is 95.0. The molecule has 688 valence electrons. The van der Waals surface area contributed by atoms with Gasteiger partial charge in [0.15, 0.2) is 11.6 Å². The molecule has 0 N–H and O–H groups in total. The van der Waals surface area contributed by atoms with Gasteiger partial charge in [-0.2, -0.15) is 0 Å². The van der Waals surface area contributed by atoms with Crippen LogP contribution in [-0.2, 0) is 19.2 Å². The van der Waals surface area contributed by atoms with Crippen LogP contribution in [0.5, 0.6) is 51.7 Å². The molecule has 12 heterocycles. The van der Waals surface area contributed by atoms with E-state index < -0.39 is 5.82 Å². The Morgan fingerprint density at radius 3 is 1.16 bits per heavy atom. The summed E-state index contributed by atoms with van der Waals surface area (Å²) in [6.45, 7) is 16.2. The molecule has 16 aromatic rings. The van der Waals surface area contributed by atoms with Crippen LogP contribution in [0.2, 0.25) is 5.02 Å². The Morgan fingerprint density at radius 1 is 0.401 bits per heavy atom. The maximum atomic E-state index is 14.2. The summed E-state index contributed by atoms with van der Waals surface area (Å²) < 4.78 is 51.3. The molecule has 20 rings (SSSR count). The van der Waals surface area contributed by atoms with Crippen molar-refractivity contribution in [3.8, 4) is 132 Å². The van der Waals surface area contributed by atoms with Crippen molar-refractivity contribution in [1.82, 2.24) is 77.1 Å². The number of imidazole rings is 4. The number of ether oxygens (including phenoxy) is 5. The molecule has 4 amide bonds. The zero-order chi connectivity index (χ0) is 94.8. The van der Waals surface area contributed by atoms with Crippen LogP contribution in [0.15, 0.2) is 275 Å². The quantitative estimate of drug-likeness (QED) is 0.0572. The van der Waals surface area contributed by atoms with Crippen molar-refractivity contribution in [2.24, 2.45) is 0 Å². The number of amides is 4. The molecule has 4 fully saturated rings. The topological polar surface area (TPSA) is 248 Å². The summed E-state index contributed by atoms with van der Waals surface area (Å²) in [6.07, 6.45) is 33.7. The fraction of sp³-hybridized carbons (Fsp3) is 0.236. The van der Waals surface area contributed by atoms with Crippen molar-refractivity contribution < 1.29 is 47.3 Å². The molecule has 0 aliphatic carbocycles. The van der Waals surface area contributed by atoms with Gasteiger partial charge in [-0.15, -0.1) is 0 Å². The molecule has 0 unspecified atom stereocenters. The van der Waals surface area contributed by atoms with E-state index in [0.29, 0.717) is 31.1 Å². The summed E-state index contributed by atoms with van der Waals surface area (Å²) in [5.74, 6) is 24.5. The van der Waals surface area contributed by atoms with Gasteiger partial charge >= 0.3 is 0 Å². The maximum Gasteiger partial charge on any atom is 0.299 e. The number of rotatable bonds is 18. The van der Waals surface area contributed by atoms with Crippen molar-refractivity contribution in [1.29, 1.82) is 0 Å². The zero-order valence-electron chi connectivity index (χ0n) is 76.8. The van der Waals surface area contributed by atoms with Gasteiger partial charge in [-0.25, -0.2) is 24.3 Å². The van der Waals surface area contributed by atoms with E-state index in [4.69, 9.17) is 55.2 Å². The van der Waals surface area contributed by atoms with Gasteiger partial charge in [0.25, 0.3) is 17.7 Å². The molecule has 137 heavy (non-hydrogen) atoms. The first kappa shape index (κ1) is 92.6. The van der Waals surface area contributed by atoms with Crippen molar-refractivity contribution in [2.45, 2.75) is 129 Å². The molecular formula is C110H100ClFN16O9. The third kappa shape index (κ3) is 21.2. The Balaban J connectivity index is 0.000000127. The number of halogens is 2. The van der Waals surface area contributed by atoms with E-state index in [-0.39, 0.29) is 58.4 Å². The highest BCUT2D eigenvalue weighted by Crippen LogP contribution is 2.42.